The van der Waals surface area contributed by atoms with Crippen molar-refractivity contribution in [3.05, 3.63) is 78.4 Å². The zero-order valence-electron chi connectivity index (χ0n) is 16.0. The molecule has 0 aliphatic carbocycles. The summed E-state index contributed by atoms with van der Waals surface area (Å²) < 4.78 is 19.9. The van der Waals surface area contributed by atoms with Gasteiger partial charge >= 0.3 is 0 Å². The van der Waals surface area contributed by atoms with Crippen molar-refractivity contribution >= 4 is 32.6 Å². The predicted octanol–water partition coefficient (Wildman–Crippen LogP) is 5.79. The SMILES string of the molecule is Cn1c2ccccc2c2cc3cc4c(cc3c(OCc3ccccc3)c21)OCO4. The Morgan fingerprint density at radius 2 is 1.59 bits per heavy atom. The van der Waals surface area contributed by atoms with Crippen LogP contribution >= 0.6 is 0 Å². The highest BCUT2D eigenvalue weighted by molar-refractivity contribution is 6.16. The van der Waals surface area contributed by atoms with Gasteiger partial charge in [0.15, 0.2) is 17.2 Å². The highest BCUT2D eigenvalue weighted by Gasteiger charge is 2.21. The highest BCUT2D eigenvalue weighted by atomic mass is 16.7. The summed E-state index contributed by atoms with van der Waals surface area (Å²) in [5, 5.41) is 4.51. The molecular weight excluding hydrogens is 362 g/mol. The third-order valence-electron chi connectivity index (χ3n) is 5.68. The summed E-state index contributed by atoms with van der Waals surface area (Å²) in [5.74, 6) is 2.42. The second-order valence-electron chi connectivity index (χ2n) is 7.38. The quantitative estimate of drug-likeness (QED) is 0.396. The molecule has 0 N–H and O–H groups in total. The second kappa shape index (κ2) is 6.17. The van der Waals surface area contributed by atoms with Crippen LogP contribution in [-0.4, -0.2) is 11.4 Å². The molecule has 0 atom stereocenters. The lowest BCUT2D eigenvalue weighted by Crippen LogP contribution is -1.99. The molecular formula is C25H19NO3. The molecule has 4 heteroatoms. The van der Waals surface area contributed by atoms with E-state index < -0.39 is 0 Å². The second-order valence-corrected chi connectivity index (χ2v) is 7.38. The lowest BCUT2D eigenvalue weighted by molar-refractivity contribution is 0.174. The minimum atomic E-state index is 0.258. The molecule has 0 bridgehead atoms. The van der Waals surface area contributed by atoms with Crippen LogP contribution in [0.1, 0.15) is 5.56 Å². The summed E-state index contributed by atoms with van der Waals surface area (Å²) in [6, 6.07) is 25.0. The van der Waals surface area contributed by atoms with Crippen molar-refractivity contribution < 1.29 is 14.2 Å². The van der Waals surface area contributed by atoms with Crippen LogP contribution in [-0.2, 0) is 13.7 Å². The van der Waals surface area contributed by atoms with E-state index in [1.807, 2.05) is 30.3 Å². The summed E-state index contributed by atoms with van der Waals surface area (Å²) in [6.07, 6.45) is 0. The van der Waals surface area contributed by atoms with Crippen molar-refractivity contribution in [2.45, 2.75) is 6.61 Å². The Balaban J connectivity index is 1.66. The first-order chi connectivity index (χ1) is 14.3. The lowest BCUT2D eigenvalue weighted by Gasteiger charge is -2.14. The normalized spacial score (nSPS) is 12.9. The Labute approximate surface area is 167 Å². The number of aromatic nitrogens is 1. The van der Waals surface area contributed by atoms with Gasteiger partial charge in [-0.15, -0.1) is 0 Å². The van der Waals surface area contributed by atoms with E-state index in [1.165, 1.54) is 16.3 Å². The summed E-state index contributed by atoms with van der Waals surface area (Å²) in [4.78, 5) is 0. The first-order valence-corrected chi connectivity index (χ1v) is 9.70. The van der Waals surface area contributed by atoms with Crippen molar-refractivity contribution in [1.29, 1.82) is 0 Å². The molecule has 142 valence electrons. The van der Waals surface area contributed by atoms with Crippen LogP contribution in [0.4, 0.5) is 0 Å². The van der Waals surface area contributed by atoms with E-state index in [0.717, 1.165) is 39.1 Å². The summed E-state index contributed by atoms with van der Waals surface area (Å²) in [6.45, 7) is 0.763. The van der Waals surface area contributed by atoms with Gasteiger partial charge in [0, 0.05) is 28.7 Å². The lowest BCUT2D eigenvalue weighted by atomic mass is 10.0. The number of hydrogen-bond acceptors (Lipinski definition) is 3. The fraction of sp³-hybridized carbons (Fsp3) is 0.120. The van der Waals surface area contributed by atoms with Gasteiger partial charge < -0.3 is 18.8 Å². The molecule has 6 rings (SSSR count). The van der Waals surface area contributed by atoms with Gasteiger partial charge in [-0.1, -0.05) is 48.5 Å². The largest absolute Gasteiger partial charge is 0.486 e. The van der Waals surface area contributed by atoms with Crippen molar-refractivity contribution in [3.8, 4) is 17.2 Å². The smallest absolute Gasteiger partial charge is 0.231 e. The van der Waals surface area contributed by atoms with Crippen molar-refractivity contribution in [3.63, 3.8) is 0 Å². The monoisotopic (exact) mass is 381 g/mol. The first kappa shape index (κ1) is 16.3. The van der Waals surface area contributed by atoms with Gasteiger partial charge in [-0.25, -0.2) is 0 Å². The molecule has 2 heterocycles. The van der Waals surface area contributed by atoms with E-state index in [-0.39, 0.29) is 6.79 Å². The number of nitrogens with zero attached hydrogens (tertiary/aromatic N) is 1. The van der Waals surface area contributed by atoms with Gasteiger partial charge in [-0.3, -0.25) is 0 Å². The van der Waals surface area contributed by atoms with Crippen molar-refractivity contribution in [1.82, 2.24) is 4.57 Å². The predicted molar refractivity (Wildman–Crippen MR) is 115 cm³/mol. The van der Waals surface area contributed by atoms with Crippen LogP contribution in [0.3, 0.4) is 0 Å². The minimum absolute atomic E-state index is 0.258. The van der Waals surface area contributed by atoms with Gasteiger partial charge in [0.25, 0.3) is 0 Å². The Bertz CT molecular complexity index is 1390. The Kier molecular flexibility index (Phi) is 3.47. The number of fused-ring (bicyclic) bond motifs is 5. The zero-order chi connectivity index (χ0) is 19.4. The van der Waals surface area contributed by atoms with E-state index in [4.69, 9.17) is 14.2 Å². The number of benzene rings is 4. The van der Waals surface area contributed by atoms with Crippen LogP contribution < -0.4 is 14.2 Å². The van der Waals surface area contributed by atoms with Gasteiger partial charge in [0.1, 0.15) is 6.61 Å². The first-order valence-electron chi connectivity index (χ1n) is 9.70. The van der Waals surface area contributed by atoms with Crippen LogP contribution in [0.2, 0.25) is 0 Å². The van der Waals surface area contributed by atoms with Gasteiger partial charge in [0.2, 0.25) is 6.79 Å². The molecule has 0 radical (unpaired) electrons. The molecule has 4 nitrogen and oxygen atoms in total. The molecule has 1 aliphatic rings. The van der Waals surface area contributed by atoms with E-state index in [1.54, 1.807) is 0 Å². The fourth-order valence-electron chi connectivity index (χ4n) is 4.28. The summed E-state index contributed by atoms with van der Waals surface area (Å²) >= 11 is 0. The third-order valence-corrected chi connectivity index (χ3v) is 5.68. The van der Waals surface area contributed by atoms with E-state index in [2.05, 4.69) is 54.1 Å². The van der Waals surface area contributed by atoms with Crippen LogP contribution in [0.5, 0.6) is 17.2 Å². The Hall–Kier alpha value is -3.66. The van der Waals surface area contributed by atoms with Crippen molar-refractivity contribution in [2.24, 2.45) is 7.05 Å². The van der Waals surface area contributed by atoms with Crippen LogP contribution in [0, 0.1) is 0 Å². The molecule has 5 aromatic rings. The van der Waals surface area contributed by atoms with Crippen molar-refractivity contribution in [2.75, 3.05) is 6.79 Å². The molecule has 0 spiro atoms. The summed E-state index contributed by atoms with van der Waals surface area (Å²) in [5.41, 5.74) is 3.41. The number of aryl methyl sites for hydroxylation is 1. The van der Waals surface area contributed by atoms with Gasteiger partial charge in [-0.05, 0) is 35.2 Å². The number of hydrogen-bond donors (Lipinski definition) is 0. The van der Waals surface area contributed by atoms with E-state index >= 15 is 0 Å². The fourth-order valence-corrected chi connectivity index (χ4v) is 4.28. The number of ether oxygens (including phenoxy) is 3. The summed E-state index contributed by atoms with van der Waals surface area (Å²) in [7, 11) is 2.10. The molecule has 29 heavy (non-hydrogen) atoms. The molecule has 4 aromatic carbocycles. The molecule has 1 aromatic heterocycles. The van der Waals surface area contributed by atoms with Gasteiger partial charge in [0.05, 0.1) is 5.52 Å². The maximum absolute atomic E-state index is 6.47. The average Bonchev–Trinajstić information content (AvgIpc) is 3.33. The average molecular weight is 381 g/mol. The number of para-hydroxylation sites is 1. The number of rotatable bonds is 3. The van der Waals surface area contributed by atoms with Crippen LogP contribution in [0.25, 0.3) is 32.6 Å². The molecule has 0 fully saturated rings. The molecule has 0 saturated heterocycles. The van der Waals surface area contributed by atoms with Gasteiger partial charge in [-0.2, -0.15) is 0 Å². The maximum Gasteiger partial charge on any atom is 0.231 e. The van der Waals surface area contributed by atoms with E-state index in [9.17, 15) is 0 Å². The standard InChI is InChI=1S/C25H19NO3/c1-26-21-10-6-5-9-18(21)20-11-17-12-22-23(29-15-28-22)13-19(17)25(24(20)26)27-14-16-7-3-2-4-8-16/h2-13H,14-15H2,1H3. The molecule has 0 amide bonds. The highest BCUT2D eigenvalue weighted by Crippen LogP contribution is 2.45. The topological polar surface area (TPSA) is 32.6 Å². The Morgan fingerprint density at radius 3 is 2.45 bits per heavy atom. The van der Waals surface area contributed by atoms with Crippen LogP contribution in [0.15, 0.2) is 72.8 Å². The Morgan fingerprint density at radius 1 is 0.828 bits per heavy atom. The minimum Gasteiger partial charge on any atom is -0.486 e. The molecule has 1 aliphatic heterocycles. The zero-order valence-corrected chi connectivity index (χ0v) is 16.0. The maximum atomic E-state index is 6.47. The molecule has 0 unspecified atom stereocenters. The third kappa shape index (κ3) is 2.46. The van der Waals surface area contributed by atoms with E-state index in [0.29, 0.717) is 6.61 Å². The molecule has 0 saturated carbocycles.